The van der Waals surface area contributed by atoms with E-state index in [1.54, 1.807) is 11.1 Å². The van der Waals surface area contributed by atoms with Crippen LogP contribution in [0.15, 0.2) is 168 Å². The van der Waals surface area contributed by atoms with Crippen molar-refractivity contribution in [1.29, 1.82) is 0 Å². The molecular formula is C52H41NO. The summed E-state index contributed by atoms with van der Waals surface area (Å²) in [7, 11) is 0. The Morgan fingerprint density at radius 2 is 0.981 bits per heavy atom. The smallest absolute Gasteiger partial charge is 0.137 e. The van der Waals surface area contributed by atoms with Crippen molar-refractivity contribution in [3.63, 3.8) is 0 Å². The molecule has 2 heteroatoms. The van der Waals surface area contributed by atoms with Gasteiger partial charge in [-0.15, -0.1) is 0 Å². The molecule has 1 heterocycles. The van der Waals surface area contributed by atoms with Crippen molar-refractivity contribution in [2.24, 2.45) is 23.7 Å². The van der Waals surface area contributed by atoms with Crippen molar-refractivity contribution in [3.05, 3.63) is 175 Å². The highest BCUT2D eigenvalue weighted by molar-refractivity contribution is 6.06. The van der Waals surface area contributed by atoms with E-state index in [9.17, 15) is 0 Å². The second kappa shape index (κ2) is 11.6. The number of rotatable bonds is 5. The molecule has 0 N–H and O–H groups in total. The van der Waals surface area contributed by atoms with Gasteiger partial charge in [-0.25, -0.2) is 0 Å². The fraction of sp³-hybridized carbons (Fsp3) is 0.192. The third-order valence-electron chi connectivity index (χ3n) is 13.8. The maximum Gasteiger partial charge on any atom is 0.137 e. The normalized spacial score (nSPS) is 23.3. The summed E-state index contributed by atoms with van der Waals surface area (Å²) < 4.78 is 6.46. The van der Waals surface area contributed by atoms with Gasteiger partial charge in [0.05, 0.1) is 0 Å². The van der Waals surface area contributed by atoms with Gasteiger partial charge < -0.3 is 9.32 Å². The van der Waals surface area contributed by atoms with Crippen LogP contribution in [-0.2, 0) is 5.41 Å². The summed E-state index contributed by atoms with van der Waals surface area (Å²) >= 11 is 0. The standard InChI is InChI=1S/C52H41NO/c1-3-9-35(10-4-1)37-15-18-41(19-16-37)53(43-20-23-46-45-13-7-8-14-50(45)54-51(46)32-43)42-21-24-48-47(31-42)44-22-17-38(36-11-5-2-6-12-36)30-49(44)52(48)39-26-33-25-34(28-39)29-40(52)27-33/h1-24,30-34,39-40H,25-29H2. The predicted molar refractivity (Wildman–Crippen MR) is 223 cm³/mol. The molecule has 0 aliphatic heterocycles. The molecule has 1 spiro atoms. The lowest BCUT2D eigenvalue weighted by Gasteiger charge is -2.61. The molecule has 0 amide bonds. The van der Waals surface area contributed by atoms with Gasteiger partial charge in [-0.1, -0.05) is 109 Å². The second-order valence-electron chi connectivity index (χ2n) is 16.6. The van der Waals surface area contributed by atoms with Crippen LogP contribution in [0.2, 0.25) is 0 Å². The lowest BCUT2D eigenvalue weighted by molar-refractivity contribution is -0.0399. The zero-order valence-electron chi connectivity index (χ0n) is 30.3. The van der Waals surface area contributed by atoms with E-state index >= 15 is 0 Å². The summed E-state index contributed by atoms with van der Waals surface area (Å²) in [6.07, 6.45) is 6.96. The van der Waals surface area contributed by atoms with Crippen LogP contribution >= 0.6 is 0 Å². The molecule has 13 rings (SSSR count). The molecule has 0 saturated heterocycles. The molecule has 1 aromatic heterocycles. The Morgan fingerprint density at radius 3 is 1.72 bits per heavy atom. The van der Waals surface area contributed by atoms with Crippen LogP contribution in [0, 0.1) is 23.7 Å². The van der Waals surface area contributed by atoms with E-state index in [0.29, 0.717) is 11.8 Å². The third kappa shape index (κ3) is 4.40. The molecule has 4 bridgehead atoms. The number of benzene rings is 7. The van der Waals surface area contributed by atoms with Gasteiger partial charge in [0.25, 0.3) is 0 Å². The van der Waals surface area contributed by atoms with Crippen molar-refractivity contribution in [3.8, 4) is 33.4 Å². The Bertz CT molecular complexity index is 2690. The Balaban J connectivity index is 1.05. The number of para-hydroxylation sites is 1. The Morgan fingerprint density at radius 1 is 0.407 bits per heavy atom. The molecule has 2 nitrogen and oxygen atoms in total. The summed E-state index contributed by atoms with van der Waals surface area (Å²) in [4.78, 5) is 2.43. The van der Waals surface area contributed by atoms with E-state index in [1.165, 1.54) is 71.2 Å². The minimum Gasteiger partial charge on any atom is -0.456 e. The lowest BCUT2D eigenvalue weighted by atomic mass is 9.43. The molecule has 0 unspecified atom stereocenters. The molecule has 0 atom stereocenters. The van der Waals surface area contributed by atoms with E-state index in [4.69, 9.17) is 4.42 Å². The Labute approximate surface area is 316 Å². The van der Waals surface area contributed by atoms with E-state index in [0.717, 1.165) is 45.1 Å². The summed E-state index contributed by atoms with van der Waals surface area (Å²) in [5.41, 5.74) is 16.4. The van der Waals surface area contributed by atoms with Gasteiger partial charge in [0.1, 0.15) is 11.2 Å². The number of hydrogen-bond donors (Lipinski definition) is 0. The number of hydrogen-bond acceptors (Lipinski definition) is 2. The predicted octanol–water partition coefficient (Wildman–Crippen LogP) is 14.1. The lowest BCUT2D eigenvalue weighted by Crippen LogP contribution is -2.55. The van der Waals surface area contributed by atoms with Crippen molar-refractivity contribution >= 4 is 39.0 Å². The van der Waals surface area contributed by atoms with E-state index in [1.807, 2.05) is 6.07 Å². The van der Waals surface area contributed by atoms with Crippen molar-refractivity contribution in [2.75, 3.05) is 4.90 Å². The Kier molecular flexibility index (Phi) is 6.55. The zero-order chi connectivity index (χ0) is 35.4. The van der Waals surface area contributed by atoms with Gasteiger partial charge in [0.15, 0.2) is 0 Å². The van der Waals surface area contributed by atoms with Crippen molar-refractivity contribution in [1.82, 2.24) is 0 Å². The maximum atomic E-state index is 6.46. The highest BCUT2D eigenvalue weighted by atomic mass is 16.3. The van der Waals surface area contributed by atoms with Gasteiger partial charge in [-0.05, 0) is 149 Å². The molecule has 260 valence electrons. The third-order valence-corrected chi connectivity index (χ3v) is 13.8. The molecule has 8 aromatic rings. The number of nitrogens with zero attached hydrogens (tertiary/aromatic N) is 1. The monoisotopic (exact) mass is 695 g/mol. The topological polar surface area (TPSA) is 16.4 Å². The first-order valence-corrected chi connectivity index (χ1v) is 19.9. The molecule has 54 heavy (non-hydrogen) atoms. The van der Waals surface area contributed by atoms with Crippen molar-refractivity contribution < 1.29 is 4.42 Å². The summed E-state index contributed by atoms with van der Waals surface area (Å²) in [5.74, 6) is 3.24. The highest BCUT2D eigenvalue weighted by Gasteiger charge is 2.61. The van der Waals surface area contributed by atoms with E-state index < -0.39 is 0 Å². The highest BCUT2D eigenvalue weighted by Crippen LogP contribution is 2.69. The number of anilines is 3. The molecule has 7 aromatic carbocycles. The quantitative estimate of drug-likeness (QED) is 0.178. The van der Waals surface area contributed by atoms with E-state index in [2.05, 4.69) is 163 Å². The second-order valence-corrected chi connectivity index (χ2v) is 16.6. The summed E-state index contributed by atoms with van der Waals surface area (Å²) in [6.45, 7) is 0. The first-order chi connectivity index (χ1) is 26.7. The van der Waals surface area contributed by atoms with Crippen molar-refractivity contribution in [2.45, 2.75) is 37.5 Å². The van der Waals surface area contributed by atoms with Crippen LogP contribution in [0.4, 0.5) is 17.1 Å². The van der Waals surface area contributed by atoms with Gasteiger partial charge in [0.2, 0.25) is 0 Å². The minimum absolute atomic E-state index is 0.0940. The fourth-order valence-electron chi connectivity index (χ4n) is 11.9. The largest absolute Gasteiger partial charge is 0.456 e. The molecule has 4 fully saturated rings. The molecule has 4 saturated carbocycles. The average molecular weight is 696 g/mol. The summed E-state index contributed by atoms with van der Waals surface area (Å²) in [5, 5.41) is 2.30. The van der Waals surface area contributed by atoms with Crippen LogP contribution in [0.1, 0.15) is 43.2 Å². The van der Waals surface area contributed by atoms with Gasteiger partial charge in [-0.2, -0.15) is 0 Å². The first-order valence-electron chi connectivity index (χ1n) is 19.9. The first kappa shape index (κ1) is 30.6. The van der Waals surface area contributed by atoms with Crippen LogP contribution in [-0.4, -0.2) is 0 Å². The maximum absolute atomic E-state index is 6.46. The van der Waals surface area contributed by atoms with E-state index in [-0.39, 0.29) is 5.41 Å². The zero-order valence-corrected chi connectivity index (χ0v) is 30.3. The molecule has 0 radical (unpaired) electrons. The van der Waals surface area contributed by atoms with Crippen LogP contribution in [0.3, 0.4) is 0 Å². The fourth-order valence-corrected chi connectivity index (χ4v) is 11.9. The molecule has 5 aliphatic rings. The molecular weight excluding hydrogens is 655 g/mol. The van der Waals surface area contributed by atoms with Gasteiger partial charge in [-0.3, -0.25) is 0 Å². The summed E-state index contributed by atoms with van der Waals surface area (Å²) in [6, 6.07) is 60.7. The minimum atomic E-state index is 0.0940. The SMILES string of the molecule is c1ccc(-c2ccc(N(c3ccc4c(c3)-c3ccc(-c5ccccc5)cc3C43C4CC5CC(C4)CC3C5)c3ccc4c(c3)oc3ccccc34)cc2)cc1. The molecule has 5 aliphatic carbocycles. The van der Waals surface area contributed by atoms with Gasteiger partial charge in [0, 0.05) is 39.3 Å². The van der Waals surface area contributed by atoms with Crippen LogP contribution in [0.5, 0.6) is 0 Å². The van der Waals surface area contributed by atoms with Gasteiger partial charge >= 0.3 is 0 Å². The Hall–Kier alpha value is -5.86. The van der Waals surface area contributed by atoms with Crippen LogP contribution in [0.25, 0.3) is 55.3 Å². The number of furan rings is 1. The average Bonchev–Trinajstić information content (AvgIpc) is 3.73. The number of fused-ring (bicyclic) bond motifs is 6. The van der Waals surface area contributed by atoms with Crippen LogP contribution < -0.4 is 4.90 Å².